The fourth-order valence-corrected chi connectivity index (χ4v) is 3.79. The van der Waals surface area contributed by atoms with Gasteiger partial charge in [0.2, 0.25) is 12.6 Å². The van der Waals surface area contributed by atoms with Gasteiger partial charge in [-0.05, 0) is 44.2 Å². The summed E-state index contributed by atoms with van der Waals surface area (Å²) in [7, 11) is 0. The number of esters is 1. The SMILES string of the molecule is Cc1cc(C(=O)COC(=O)c2cccc(Cl)c2Cl)c(C)n1-c1ccc2c(c1)OCO2. The predicted molar refractivity (Wildman–Crippen MR) is 112 cm³/mol. The molecule has 0 aliphatic carbocycles. The highest BCUT2D eigenvalue weighted by Gasteiger charge is 2.21. The first-order chi connectivity index (χ1) is 14.4. The zero-order chi connectivity index (χ0) is 21.4. The van der Waals surface area contributed by atoms with Crippen LogP contribution in [0.5, 0.6) is 11.5 Å². The summed E-state index contributed by atoms with van der Waals surface area (Å²) in [6.45, 7) is 3.51. The van der Waals surface area contributed by atoms with Gasteiger partial charge in [-0.3, -0.25) is 4.79 Å². The summed E-state index contributed by atoms with van der Waals surface area (Å²) in [5, 5.41) is 0.335. The Kier molecular flexibility index (Phi) is 5.45. The van der Waals surface area contributed by atoms with Gasteiger partial charge in [0.1, 0.15) is 0 Å². The number of aryl methyl sites for hydroxylation is 1. The van der Waals surface area contributed by atoms with Crippen LogP contribution in [0.25, 0.3) is 5.69 Å². The van der Waals surface area contributed by atoms with Crippen molar-refractivity contribution in [2.75, 3.05) is 13.4 Å². The normalized spacial score (nSPS) is 12.1. The molecule has 30 heavy (non-hydrogen) atoms. The van der Waals surface area contributed by atoms with Gasteiger partial charge in [0.25, 0.3) is 0 Å². The lowest BCUT2D eigenvalue weighted by atomic mass is 10.1. The molecule has 0 amide bonds. The van der Waals surface area contributed by atoms with Crippen molar-refractivity contribution in [3.8, 4) is 17.2 Å². The minimum Gasteiger partial charge on any atom is -0.454 e. The standard InChI is InChI=1S/C22H17Cl2NO5/c1-12-8-16(13(2)25(12)14-6-7-19-20(9-14)30-11-29-19)18(26)10-28-22(27)15-4-3-5-17(23)21(15)24/h3-9H,10-11H2,1-2H3. The van der Waals surface area contributed by atoms with Crippen molar-refractivity contribution in [3.05, 3.63) is 75.0 Å². The average molecular weight is 446 g/mol. The van der Waals surface area contributed by atoms with E-state index in [1.807, 2.05) is 36.6 Å². The lowest BCUT2D eigenvalue weighted by Crippen LogP contribution is -2.15. The van der Waals surface area contributed by atoms with Gasteiger partial charge in [0.05, 0.1) is 15.6 Å². The third-order valence-electron chi connectivity index (χ3n) is 4.85. The number of ketones is 1. The highest BCUT2D eigenvalue weighted by Crippen LogP contribution is 2.35. The lowest BCUT2D eigenvalue weighted by Gasteiger charge is -2.11. The maximum absolute atomic E-state index is 12.7. The molecule has 0 fully saturated rings. The number of aromatic nitrogens is 1. The number of rotatable bonds is 5. The van der Waals surface area contributed by atoms with Crippen LogP contribution < -0.4 is 9.47 Å². The van der Waals surface area contributed by atoms with E-state index in [0.29, 0.717) is 17.1 Å². The highest BCUT2D eigenvalue weighted by atomic mass is 35.5. The first-order valence-corrected chi connectivity index (χ1v) is 9.85. The average Bonchev–Trinajstić information content (AvgIpc) is 3.31. The van der Waals surface area contributed by atoms with Gasteiger partial charge in [-0.15, -0.1) is 0 Å². The lowest BCUT2D eigenvalue weighted by molar-refractivity contribution is 0.0474. The number of carbonyl (C=O) groups excluding carboxylic acids is 2. The third-order valence-corrected chi connectivity index (χ3v) is 5.67. The van der Waals surface area contributed by atoms with E-state index in [2.05, 4.69) is 0 Å². The number of carbonyl (C=O) groups is 2. The number of Topliss-reactive ketones (excluding diaryl/α,β-unsaturated/α-hetero) is 1. The van der Waals surface area contributed by atoms with E-state index >= 15 is 0 Å². The summed E-state index contributed by atoms with van der Waals surface area (Å²) in [5.41, 5.74) is 3.01. The molecule has 1 aromatic heterocycles. The van der Waals surface area contributed by atoms with Gasteiger partial charge < -0.3 is 18.8 Å². The molecular weight excluding hydrogens is 429 g/mol. The molecule has 154 valence electrons. The van der Waals surface area contributed by atoms with Crippen molar-refractivity contribution in [1.29, 1.82) is 0 Å². The second kappa shape index (κ2) is 8.05. The smallest absolute Gasteiger partial charge is 0.340 e. The molecule has 0 saturated carbocycles. The summed E-state index contributed by atoms with van der Waals surface area (Å²) >= 11 is 12.0. The zero-order valence-corrected chi connectivity index (χ0v) is 17.7. The molecule has 0 radical (unpaired) electrons. The molecule has 4 rings (SSSR count). The van der Waals surface area contributed by atoms with Gasteiger partial charge >= 0.3 is 5.97 Å². The van der Waals surface area contributed by atoms with Gasteiger partial charge in [0, 0.05) is 28.7 Å². The summed E-state index contributed by atoms with van der Waals surface area (Å²) in [6, 6.07) is 12.0. The highest BCUT2D eigenvalue weighted by molar-refractivity contribution is 6.43. The molecule has 8 heteroatoms. The molecule has 0 unspecified atom stereocenters. The topological polar surface area (TPSA) is 66.8 Å². The van der Waals surface area contributed by atoms with Crippen LogP contribution in [-0.4, -0.2) is 29.7 Å². The van der Waals surface area contributed by atoms with Gasteiger partial charge in [0.15, 0.2) is 18.1 Å². The number of hydrogen-bond acceptors (Lipinski definition) is 5. The van der Waals surface area contributed by atoms with E-state index in [-0.39, 0.29) is 28.2 Å². The zero-order valence-electron chi connectivity index (χ0n) is 16.2. The minimum absolute atomic E-state index is 0.0950. The Hall–Kier alpha value is -2.96. The number of benzene rings is 2. The quantitative estimate of drug-likeness (QED) is 0.400. The Morgan fingerprint density at radius 3 is 2.60 bits per heavy atom. The van der Waals surface area contributed by atoms with Crippen LogP contribution in [0.15, 0.2) is 42.5 Å². The molecule has 0 atom stereocenters. The van der Waals surface area contributed by atoms with Crippen molar-refractivity contribution in [2.24, 2.45) is 0 Å². The van der Waals surface area contributed by atoms with Crippen LogP contribution >= 0.6 is 23.2 Å². The molecule has 6 nitrogen and oxygen atoms in total. The molecule has 2 heterocycles. The summed E-state index contributed by atoms with van der Waals surface area (Å²) in [6.07, 6.45) is 0. The molecular formula is C22H17Cl2NO5. The van der Waals surface area contributed by atoms with Gasteiger partial charge in [-0.2, -0.15) is 0 Å². The number of nitrogens with zero attached hydrogens (tertiary/aromatic N) is 1. The van der Waals surface area contributed by atoms with Crippen LogP contribution in [0.2, 0.25) is 10.0 Å². The second-order valence-corrected chi connectivity index (χ2v) is 7.54. The molecule has 1 aliphatic rings. The maximum Gasteiger partial charge on any atom is 0.340 e. The van der Waals surface area contributed by atoms with E-state index in [0.717, 1.165) is 17.1 Å². The second-order valence-electron chi connectivity index (χ2n) is 6.76. The summed E-state index contributed by atoms with van der Waals surface area (Å²) in [5.74, 6) is 0.311. The van der Waals surface area contributed by atoms with Crippen molar-refractivity contribution >= 4 is 35.0 Å². The predicted octanol–water partition coefficient (Wildman–Crippen LogP) is 5.17. The van der Waals surface area contributed by atoms with Crippen LogP contribution in [-0.2, 0) is 4.74 Å². The summed E-state index contributed by atoms with van der Waals surface area (Å²) in [4.78, 5) is 25.0. The van der Waals surface area contributed by atoms with Crippen LogP contribution in [0.3, 0.4) is 0 Å². The van der Waals surface area contributed by atoms with Gasteiger partial charge in [-0.1, -0.05) is 29.3 Å². The Morgan fingerprint density at radius 2 is 1.80 bits per heavy atom. The fourth-order valence-electron chi connectivity index (χ4n) is 3.41. The van der Waals surface area contributed by atoms with E-state index < -0.39 is 12.6 Å². The minimum atomic E-state index is -0.708. The summed E-state index contributed by atoms with van der Waals surface area (Å²) < 4.78 is 17.9. The van der Waals surface area contributed by atoms with E-state index in [1.54, 1.807) is 18.2 Å². The number of hydrogen-bond donors (Lipinski definition) is 0. The monoisotopic (exact) mass is 445 g/mol. The molecule has 1 aliphatic heterocycles. The van der Waals surface area contributed by atoms with Crippen molar-refractivity contribution in [1.82, 2.24) is 4.57 Å². The Morgan fingerprint density at radius 1 is 1.03 bits per heavy atom. The molecule has 0 saturated heterocycles. The van der Waals surface area contributed by atoms with Crippen LogP contribution in [0, 0.1) is 13.8 Å². The molecule has 2 aromatic carbocycles. The van der Waals surface area contributed by atoms with E-state index in [1.165, 1.54) is 6.07 Å². The Balaban J connectivity index is 1.53. The molecule has 3 aromatic rings. The fraction of sp³-hybridized carbons (Fsp3) is 0.182. The maximum atomic E-state index is 12.7. The van der Waals surface area contributed by atoms with Crippen molar-refractivity contribution in [3.63, 3.8) is 0 Å². The van der Waals surface area contributed by atoms with E-state index in [9.17, 15) is 9.59 Å². The molecule has 0 N–H and O–H groups in total. The van der Waals surface area contributed by atoms with Crippen LogP contribution in [0.4, 0.5) is 0 Å². The van der Waals surface area contributed by atoms with E-state index in [4.69, 9.17) is 37.4 Å². The molecule has 0 bridgehead atoms. The largest absolute Gasteiger partial charge is 0.454 e. The van der Waals surface area contributed by atoms with Gasteiger partial charge in [-0.25, -0.2) is 4.79 Å². The Bertz CT molecular complexity index is 1170. The molecule has 0 spiro atoms. The number of fused-ring (bicyclic) bond motifs is 1. The number of ether oxygens (including phenoxy) is 3. The third kappa shape index (κ3) is 3.64. The first-order valence-electron chi connectivity index (χ1n) is 9.10. The van der Waals surface area contributed by atoms with Crippen molar-refractivity contribution < 1.29 is 23.8 Å². The van der Waals surface area contributed by atoms with Crippen LogP contribution in [0.1, 0.15) is 32.1 Å². The van der Waals surface area contributed by atoms with Crippen molar-refractivity contribution in [2.45, 2.75) is 13.8 Å². The first kappa shape index (κ1) is 20.3. The Labute approximate surface area is 182 Å². The number of halogens is 2.